The summed E-state index contributed by atoms with van der Waals surface area (Å²) in [4.78, 5) is 14.0. The Kier molecular flexibility index (Phi) is 3.21. The molecule has 1 heterocycles. The monoisotopic (exact) mass is 360 g/mol. The van der Waals surface area contributed by atoms with Crippen LogP contribution < -0.4 is 0 Å². The summed E-state index contributed by atoms with van der Waals surface area (Å²) in [7, 11) is 0. The highest BCUT2D eigenvalue weighted by molar-refractivity contribution is 5.95. The fourth-order valence-electron chi connectivity index (χ4n) is 6.90. The van der Waals surface area contributed by atoms with E-state index >= 15 is 0 Å². The first-order valence-electron chi connectivity index (χ1n) is 9.71. The van der Waals surface area contributed by atoms with Gasteiger partial charge in [-0.05, 0) is 47.7 Å². The number of ketones is 1. The molecule has 5 heteroatoms. The fraction of sp³-hybridized carbons (Fsp3) is 0.762. The summed E-state index contributed by atoms with van der Waals surface area (Å²) in [6.07, 6.45) is 2.93. The van der Waals surface area contributed by atoms with Gasteiger partial charge in [0.25, 0.3) is 0 Å². The first kappa shape index (κ1) is 17.1. The van der Waals surface area contributed by atoms with E-state index < -0.39 is 23.2 Å². The third kappa shape index (κ3) is 1.65. The molecule has 1 spiro atoms. The highest BCUT2D eigenvalue weighted by Gasteiger charge is 2.76. The standard InChI is InChI=1S/C21H28O5/c1-10-7-20-11(2)5-14-15(19(14,3)4)13(17(20)23)6-12-8-25-9-26-18(12)21(20,24)16(10)22/h6-7,11,13-16,18,22,24H,5,8-9H2,1-4H3/t11-,13+,14-,15+,16+,18-,20+,21-/m1/s1. The Hall–Kier alpha value is -1.01. The average molecular weight is 360 g/mol. The number of aliphatic hydroxyl groups is 2. The SMILES string of the molecule is CC1=C[C@]23C(=O)[C@@H](C=C4COCO[C@H]4[C@]2(O)[C@H]1O)[C@H]1[C@@H](C[C@H]3C)C1(C)C. The third-order valence-corrected chi connectivity index (χ3v) is 8.30. The summed E-state index contributed by atoms with van der Waals surface area (Å²) >= 11 is 0. The molecule has 5 aliphatic rings. The van der Waals surface area contributed by atoms with Crippen LogP contribution in [0.1, 0.15) is 34.1 Å². The van der Waals surface area contributed by atoms with Gasteiger partial charge in [0.1, 0.15) is 24.6 Å². The molecule has 0 radical (unpaired) electrons. The number of hydrogen-bond acceptors (Lipinski definition) is 5. The normalized spacial score (nSPS) is 54.2. The van der Waals surface area contributed by atoms with Crippen molar-refractivity contribution in [3.8, 4) is 0 Å². The second-order valence-electron chi connectivity index (χ2n) is 9.72. The van der Waals surface area contributed by atoms with Gasteiger partial charge in [-0.3, -0.25) is 4.79 Å². The van der Waals surface area contributed by atoms with E-state index in [1.165, 1.54) is 0 Å². The molecule has 2 bridgehead atoms. The Bertz CT molecular complexity index is 752. The molecule has 0 unspecified atom stereocenters. The van der Waals surface area contributed by atoms with Gasteiger partial charge in [-0.2, -0.15) is 0 Å². The molecule has 142 valence electrons. The molecule has 4 aliphatic carbocycles. The maximum atomic E-state index is 14.0. The van der Waals surface area contributed by atoms with E-state index in [2.05, 4.69) is 20.8 Å². The molecular formula is C21H28O5. The van der Waals surface area contributed by atoms with Crippen molar-refractivity contribution < 1.29 is 24.5 Å². The van der Waals surface area contributed by atoms with E-state index in [1.54, 1.807) is 6.92 Å². The molecule has 8 atom stereocenters. The number of rotatable bonds is 0. The molecule has 26 heavy (non-hydrogen) atoms. The van der Waals surface area contributed by atoms with Crippen LogP contribution in [0, 0.1) is 34.5 Å². The molecule has 5 nitrogen and oxygen atoms in total. The number of allylic oxidation sites excluding steroid dienone is 1. The molecule has 0 aromatic carbocycles. The largest absolute Gasteiger partial charge is 0.386 e. The molecular weight excluding hydrogens is 332 g/mol. The summed E-state index contributed by atoms with van der Waals surface area (Å²) < 4.78 is 11.3. The predicted octanol–water partition coefficient (Wildman–Crippen LogP) is 1.83. The number of carbonyl (C=O) groups excluding carboxylic acids is 1. The van der Waals surface area contributed by atoms with Crippen molar-refractivity contribution in [2.24, 2.45) is 34.5 Å². The van der Waals surface area contributed by atoms with Crippen LogP contribution in [-0.4, -0.2) is 47.2 Å². The summed E-state index contributed by atoms with van der Waals surface area (Å²) in [5.74, 6) is 0.463. The van der Waals surface area contributed by atoms with Crippen LogP contribution in [0.25, 0.3) is 0 Å². The highest BCUT2D eigenvalue weighted by atomic mass is 16.7. The number of ether oxygens (including phenoxy) is 2. The molecule has 0 aromatic rings. The van der Waals surface area contributed by atoms with E-state index in [1.807, 2.05) is 12.2 Å². The van der Waals surface area contributed by atoms with Crippen LogP contribution in [0.5, 0.6) is 0 Å². The predicted molar refractivity (Wildman–Crippen MR) is 94.0 cm³/mol. The summed E-state index contributed by atoms with van der Waals surface area (Å²) in [6, 6.07) is 0. The van der Waals surface area contributed by atoms with E-state index in [9.17, 15) is 15.0 Å². The Labute approximate surface area is 154 Å². The van der Waals surface area contributed by atoms with Crippen LogP contribution in [0.2, 0.25) is 0 Å². The van der Waals surface area contributed by atoms with Crippen LogP contribution in [0.15, 0.2) is 23.3 Å². The van der Waals surface area contributed by atoms with E-state index in [-0.39, 0.29) is 35.7 Å². The molecule has 2 saturated carbocycles. The lowest BCUT2D eigenvalue weighted by atomic mass is 9.59. The maximum Gasteiger partial charge on any atom is 0.153 e. The van der Waals surface area contributed by atoms with Crippen molar-refractivity contribution in [1.82, 2.24) is 0 Å². The minimum absolute atomic E-state index is 0.0481. The molecule has 0 aromatic heterocycles. The van der Waals surface area contributed by atoms with Gasteiger partial charge in [-0.25, -0.2) is 0 Å². The second-order valence-corrected chi connectivity index (χ2v) is 9.72. The van der Waals surface area contributed by atoms with Crippen LogP contribution in [0.4, 0.5) is 0 Å². The molecule has 0 amide bonds. The summed E-state index contributed by atoms with van der Waals surface area (Å²) in [5, 5.41) is 23.0. The number of hydrogen-bond donors (Lipinski definition) is 2. The number of Topliss-reactive ketones (excluding diaryl/α,β-unsaturated/α-hetero) is 1. The van der Waals surface area contributed by atoms with Gasteiger partial charge in [0.05, 0.1) is 12.0 Å². The lowest BCUT2D eigenvalue weighted by molar-refractivity contribution is -0.231. The summed E-state index contributed by atoms with van der Waals surface area (Å²) in [6.45, 7) is 8.75. The van der Waals surface area contributed by atoms with E-state index in [4.69, 9.17) is 9.47 Å². The molecule has 5 rings (SSSR count). The Morgan fingerprint density at radius 1 is 1.31 bits per heavy atom. The van der Waals surface area contributed by atoms with Gasteiger partial charge in [-0.15, -0.1) is 0 Å². The third-order valence-electron chi connectivity index (χ3n) is 8.30. The number of fused-ring (bicyclic) bond motifs is 5. The maximum absolute atomic E-state index is 14.0. The minimum atomic E-state index is -1.67. The first-order chi connectivity index (χ1) is 12.2. The van der Waals surface area contributed by atoms with Gasteiger partial charge < -0.3 is 19.7 Å². The van der Waals surface area contributed by atoms with Crippen LogP contribution >= 0.6 is 0 Å². The molecule has 2 N–H and O–H groups in total. The van der Waals surface area contributed by atoms with Gasteiger partial charge >= 0.3 is 0 Å². The topological polar surface area (TPSA) is 76.0 Å². The van der Waals surface area contributed by atoms with Gasteiger partial charge in [0, 0.05) is 5.92 Å². The average Bonchev–Trinajstić information content (AvgIpc) is 3.10. The quantitative estimate of drug-likeness (QED) is 0.645. The molecule has 1 aliphatic heterocycles. The Morgan fingerprint density at radius 3 is 2.77 bits per heavy atom. The minimum Gasteiger partial charge on any atom is -0.386 e. The highest BCUT2D eigenvalue weighted by Crippen LogP contribution is 2.71. The number of aliphatic hydroxyl groups excluding tert-OH is 1. The van der Waals surface area contributed by atoms with Crippen molar-refractivity contribution in [1.29, 1.82) is 0 Å². The molecule has 1 saturated heterocycles. The van der Waals surface area contributed by atoms with Crippen molar-refractivity contribution in [3.05, 3.63) is 23.3 Å². The van der Waals surface area contributed by atoms with Crippen molar-refractivity contribution in [2.75, 3.05) is 13.4 Å². The Morgan fingerprint density at radius 2 is 2.04 bits per heavy atom. The lowest BCUT2D eigenvalue weighted by Gasteiger charge is -2.50. The van der Waals surface area contributed by atoms with E-state index in [0.29, 0.717) is 18.1 Å². The lowest BCUT2D eigenvalue weighted by Crippen LogP contribution is -2.66. The second kappa shape index (κ2) is 4.88. The van der Waals surface area contributed by atoms with Gasteiger partial charge in [0.2, 0.25) is 0 Å². The Balaban J connectivity index is 1.78. The zero-order valence-corrected chi connectivity index (χ0v) is 15.9. The number of carbonyl (C=O) groups is 1. The van der Waals surface area contributed by atoms with Gasteiger partial charge in [-0.1, -0.05) is 32.9 Å². The fourth-order valence-corrected chi connectivity index (χ4v) is 6.90. The van der Waals surface area contributed by atoms with Gasteiger partial charge in [0.15, 0.2) is 5.78 Å². The smallest absolute Gasteiger partial charge is 0.153 e. The zero-order chi connectivity index (χ0) is 18.6. The van der Waals surface area contributed by atoms with Crippen LogP contribution in [-0.2, 0) is 14.3 Å². The molecule has 3 fully saturated rings. The van der Waals surface area contributed by atoms with Crippen LogP contribution in [0.3, 0.4) is 0 Å². The van der Waals surface area contributed by atoms with E-state index in [0.717, 1.165) is 12.0 Å². The van der Waals surface area contributed by atoms with Crippen molar-refractivity contribution in [3.63, 3.8) is 0 Å². The van der Waals surface area contributed by atoms with Crippen molar-refractivity contribution >= 4 is 5.78 Å². The first-order valence-corrected chi connectivity index (χ1v) is 9.71. The van der Waals surface area contributed by atoms with Crippen molar-refractivity contribution in [2.45, 2.75) is 51.9 Å². The zero-order valence-electron chi connectivity index (χ0n) is 15.9. The summed E-state index contributed by atoms with van der Waals surface area (Å²) in [5.41, 5.74) is -1.18.